The second kappa shape index (κ2) is 8.87. The predicted molar refractivity (Wildman–Crippen MR) is 97.1 cm³/mol. The SMILES string of the molecule is COc1ccc(C(CC(=O)N(C)Cc2ccccc2)NC(C)=O)cc1. The molecule has 2 amide bonds. The Labute approximate surface area is 148 Å². The summed E-state index contributed by atoms with van der Waals surface area (Å²) in [5.74, 6) is 0.538. The van der Waals surface area contributed by atoms with Crippen LogP contribution in [0.3, 0.4) is 0 Å². The number of carbonyl (C=O) groups is 2. The topological polar surface area (TPSA) is 58.6 Å². The molecule has 1 N–H and O–H groups in total. The maximum atomic E-state index is 12.6. The van der Waals surface area contributed by atoms with Crippen LogP contribution in [0.4, 0.5) is 0 Å². The van der Waals surface area contributed by atoms with Gasteiger partial charge in [-0.05, 0) is 23.3 Å². The number of benzene rings is 2. The van der Waals surface area contributed by atoms with Crippen molar-refractivity contribution in [3.05, 3.63) is 65.7 Å². The minimum atomic E-state index is -0.367. The molecule has 2 aromatic rings. The summed E-state index contributed by atoms with van der Waals surface area (Å²) < 4.78 is 5.15. The van der Waals surface area contributed by atoms with Gasteiger partial charge in [0.1, 0.15) is 5.75 Å². The van der Waals surface area contributed by atoms with Gasteiger partial charge in [-0.2, -0.15) is 0 Å². The van der Waals surface area contributed by atoms with Crippen molar-refractivity contribution in [2.24, 2.45) is 0 Å². The van der Waals surface area contributed by atoms with Crippen LogP contribution in [0.25, 0.3) is 0 Å². The van der Waals surface area contributed by atoms with Crippen LogP contribution in [0, 0.1) is 0 Å². The molecule has 1 atom stereocenters. The highest BCUT2D eigenvalue weighted by molar-refractivity contribution is 5.79. The van der Waals surface area contributed by atoms with Crippen molar-refractivity contribution in [1.29, 1.82) is 0 Å². The molecule has 0 bridgehead atoms. The van der Waals surface area contributed by atoms with Gasteiger partial charge in [-0.3, -0.25) is 9.59 Å². The first kappa shape index (κ1) is 18.5. The van der Waals surface area contributed by atoms with Crippen molar-refractivity contribution in [3.8, 4) is 5.75 Å². The van der Waals surface area contributed by atoms with Gasteiger partial charge in [0.05, 0.1) is 19.6 Å². The standard InChI is InChI=1S/C20H24N2O3/c1-15(23)21-19(17-9-11-18(25-3)12-10-17)13-20(24)22(2)14-16-7-5-4-6-8-16/h4-12,19H,13-14H2,1-3H3,(H,21,23). The Morgan fingerprint density at radius 1 is 1.08 bits per heavy atom. The van der Waals surface area contributed by atoms with E-state index < -0.39 is 0 Å². The summed E-state index contributed by atoms with van der Waals surface area (Å²) >= 11 is 0. The lowest BCUT2D eigenvalue weighted by Crippen LogP contribution is -2.33. The number of hydrogen-bond acceptors (Lipinski definition) is 3. The van der Waals surface area contributed by atoms with Crippen molar-refractivity contribution >= 4 is 11.8 Å². The smallest absolute Gasteiger partial charge is 0.225 e. The molecule has 0 radical (unpaired) electrons. The average Bonchev–Trinajstić information content (AvgIpc) is 2.61. The molecule has 0 saturated carbocycles. The minimum Gasteiger partial charge on any atom is -0.497 e. The minimum absolute atomic E-state index is 0.0292. The van der Waals surface area contributed by atoms with Crippen LogP contribution in [0.1, 0.15) is 30.5 Å². The highest BCUT2D eigenvalue weighted by Gasteiger charge is 2.19. The first-order chi connectivity index (χ1) is 12.0. The van der Waals surface area contributed by atoms with E-state index in [1.165, 1.54) is 6.92 Å². The zero-order chi connectivity index (χ0) is 18.2. The van der Waals surface area contributed by atoms with Gasteiger partial charge in [-0.15, -0.1) is 0 Å². The van der Waals surface area contributed by atoms with Gasteiger partial charge < -0.3 is 15.0 Å². The van der Waals surface area contributed by atoms with Crippen LogP contribution in [0.5, 0.6) is 5.75 Å². The normalized spacial score (nSPS) is 11.5. The quantitative estimate of drug-likeness (QED) is 0.843. The van der Waals surface area contributed by atoms with Crippen LogP contribution < -0.4 is 10.1 Å². The van der Waals surface area contributed by atoms with Gasteiger partial charge in [-0.25, -0.2) is 0 Å². The largest absolute Gasteiger partial charge is 0.497 e. The number of nitrogens with one attached hydrogen (secondary N) is 1. The Hall–Kier alpha value is -2.82. The van der Waals surface area contributed by atoms with Crippen molar-refractivity contribution in [2.75, 3.05) is 14.2 Å². The maximum absolute atomic E-state index is 12.6. The lowest BCUT2D eigenvalue weighted by atomic mass is 10.0. The Balaban J connectivity index is 2.07. The fraction of sp³-hybridized carbons (Fsp3) is 0.300. The van der Waals surface area contributed by atoms with Crippen molar-refractivity contribution < 1.29 is 14.3 Å². The maximum Gasteiger partial charge on any atom is 0.225 e. The zero-order valence-corrected chi connectivity index (χ0v) is 14.9. The van der Waals surface area contributed by atoms with Gasteiger partial charge in [0, 0.05) is 20.5 Å². The van der Waals surface area contributed by atoms with E-state index in [1.807, 2.05) is 54.6 Å². The summed E-state index contributed by atoms with van der Waals surface area (Å²) in [4.78, 5) is 25.8. The lowest BCUT2D eigenvalue weighted by molar-refractivity contribution is -0.131. The summed E-state index contributed by atoms with van der Waals surface area (Å²) in [6, 6.07) is 16.8. The molecular weight excluding hydrogens is 316 g/mol. The molecule has 0 aromatic heterocycles. The van der Waals surface area contributed by atoms with E-state index in [0.29, 0.717) is 6.54 Å². The molecule has 25 heavy (non-hydrogen) atoms. The highest BCUT2D eigenvalue weighted by Crippen LogP contribution is 2.21. The van der Waals surface area contributed by atoms with Crippen LogP contribution in [-0.2, 0) is 16.1 Å². The first-order valence-corrected chi connectivity index (χ1v) is 8.18. The first-order valence-electron chi connectivity index (χ1n) is 8.18. The summed E-state index contributed by atoms with van der Waals surface area (Å²) in [6.45, 7) is 1.99. The molecule has 132 valence electrons. The Kier molecular flexibility index (Phi) is 6.57. The summed E-state index contributed by atoms with van der Waals surface area (Å²) in [5.41, 5.74) is 1.94. The fourth-order valence-electron chi connectivity index (χ4n) is 2.61. The number of hydrogen-bond donors (Lipinski definition) is 1. The average molecular weight is 340 g/mol. The Morgan fingerprint density at radius 2 is 1.72 bits per heavy atom. The molecule has 5 heteroatoms. The van der Waals surface area contributed by atoms with Crippen molar-refractivity contribution in [1.82, 2.24) is 10.2 Å². The molecule has 0 heterocycles. The van der Waals surface area contributed by atoms with E-state index >= 15 is 0 Å². The summed E-state index contributed by atoms with van der Waals surface area (Å²) in [6.07, 6.45) is 0.204. The molecule has 0 spiro atoms. The Bertz CT molecular complexity index is 699. The van der Waals surface area contributed by atoms with Gasteiger partial charge in [0.25, 0.3) is 0 Å². The predicted octanol–water partition coefficient (Wildman–Crippen LogP) is 2.92. The van der Waals surface area contributed by atoms with Crippen LogP contribution in [0.15, 0.2) is 54.6 Å². The van der Waals surface area contributed by atoms with E-state index in [-0.39, 0.29) is 24.3 Å². The van der Waals surface area contributed by atoms with Crippen molar-refractivity contribution in [2.45, 2.75) is 25.9 Å². The van der Waals surface area contributed by atoms with Crippen LogP contribution in [0.2, 0.25) is 0 Å². The third-order valence-electron chi connectivity index (χ3n) is 3.96. The van der Waals surface area contributed by atoms with Crippen LogP contribution >= 0.6 is 0 Å². The number of carbonyl (C=O) groups excluding carboxylic acids is 2. The number of nitrogens with zero attached hydrogens (tertiary/aromatic N) is 1. The second-order valence-corrected chi connectivity index (χ2v) is 5.97. The van der Waals surface area contributed by atoms with Crippen molar-refractivity contribution in [3.63, 3.8) is 0 Å². The fourth-order valence-corrected chi connectivity index (χ4v) is 2.61. The van der Waals surface area contributed by atoms with E-state index in [0.717, 1.165) is 16.9 Å². The molecule has 2 aromatic carbocycles. The molecule has 0 aliphatic heterocycles. The molecular formula is C20H24N2O3. The third-order valence-corrected chi connectivity index (χ3v) is 3.96. The van der Waals surface area contributed by atoms with Gasteiger partial charge in [0.15, 0.2) is 0 Å². The molecule has 1 unspecified atom stereocenters. The van der Waals surface area contributed by atoms with Gasteiger partial charge in [-0.1, -0.05) is 42.5 Å². The highest BCUT2D eigenvalue weighted by atomic mass is 16.5. The zero-order valence-electron chi connectivity index (χ0n) is 14.9. The van der Waals surface area contributed by atoms with E-state index in [2.05, 4.69) is 5.32 Å². The lowest BCUT2D eigenvalue weighted by Gasteiger charge is -2.23. The molecule has 5 nitrogen and oxygen atoms in total. The number of methoxy groups -OCH3 is 1. The van der Waals surface area contributed by atoms with E-state index in [4.69, 9.17) is 4.74 Å². The summed E-state index contributed by atoms with van der Waals surface area (Å²) in [7, 11) is 3.37. The second-order valence-electron chi connectivity index (χ2n) is 5.97. The van der Waals surface area contributed by atoms with Gasteiger partial charge >= 0.3 is 0 Å². The van der Waals surface area contributed by atoms with Gasteiger partial charge in [0.2, 0.25) is 11.8 Å². The third kappa shape index (κ3) is 5.64. The number of ether oxygens (including phenoxy) is 1. The molecule has 0 aliphatic carbocycles. The Morgan fingerprint density at radius 3 is 2.28 bits per heavy atom. The number of amides is 2. The molecule has 2 rings (SSSR count). The van der Waals surface area contributed by atoms with E-state index in [9.17, 15) is 9.59 Å². The monoisotopic (exact) mass is 340 g/mol. The summed E-state index contributed by atoms with van der Waals surface area (Å²) in [5, 5.41) is 2.86. The van der Waals surface area contributed by atoms with E-state index in [1.54, 1.807) is 19.1 Å². The number of rotatable bonds is 7. The molecule has 0 aliphatic rings. The molecule has 0 saturated heterocycles. The van der Waals surface area contributed by atoms with Crippen LogP contribution in [-0.4, -0.2) is 30.9 Å². The molecule has 0 fully saturated rings.